The Morgan fingerprint density at radius 2 is 2.11 bits per heavy atom. The number of aryl methyl sites for hydroxylation is 1. The van der Waals surface area contributed by atoms with Crippen LogP contribution in [-0.2, 0) is 6.42 Å². The highest BCUT2D eigenvalue weighted by Crippen LogP contribution is 2.14. The number of hydrazine groups is 1. The molecule has 6 nitrogen and oxygen atoms in total. The summed E-state index contributed by atoms with van der Waals surface area (Å²) in [6, 6.07) is 1.72. The minimum Gasteiger partial charge on any atom is -0.387 e. The Kier molecular flexibility index (Phi) is 5.64. The maximum atomic E-state index is 10.1. The van der Waals surface area contributed by atoms with Gasteiger partial charge in [0.15, 0.2) is 0 Å². The number of nitrogens with two attached hydrogens (primary N) is 1. The Labute approximate surface area is 112 Å². The third-order valence-corrected chi connectivity index (χ3v) is 3.25. The molecule has 0 saturated heterocycles. The van der Waals surface area contributed by atoms with E-state index in [0.717, 1.165) is 6.42 Å². The molecule has 18 heavy (non-hydrogen) atoms. The maximum Gasteiger partial charge on any atom is 0.145 e. The first kappa shape index (κ1) is 15.0. The Balaban J connectivity index is 2.72. The van der Waals surface area contributed by atoms with E-state index in [0.29, 0.717) is 29.8 Å². The van der Waals surface area contributed by atoms with Crippen LogP contribution in [0, 0.1) is 0 Å². The quantitative estimate of drug-likeness (QED) is 0.431. The van der Waals surface area contributed by atoms with Crippen LogP contribution in [-0.4, -0.2) is 39.2 Å². The van der Waals surface area contributed by atoms with Crippen molar-refractivity contribution in [2.75, 3.05) is 29.3 Å². The third-order valence-electron chi connectivity index (χ3n) is 2.34. The largest absolute Gasteiger partial charge is 0.387 e. The molecule has 1 aromatic heterocycles. The molecular formula is C11H21N5OS. The molecule has 102 valence electrons. The molecule has 1 aromatic rings. The van der Waals surface area contributed by atoms with Crippen molar-refractivity contribution in [2.45, 2.75) is 25.9 Å². The summed E-state index contributed by atoms with van der Waals surface area (Å²) in [4.78, 5) is 8.52. The van der Waals surface area contributed by atoms with Gasteiger partial charge in [-0.25, -0.2) is 15.8 Å². The first-order chi connectivity index (χ1) is 8.50. The van der Waals surface area contributed by atoms with Gasteiger partial charge < -0.3 is 15.8 Å². The van der Waals surface area contributed by atoms with Gasteiger partial charge in [0.05, 0.1) is 5.60 Å². The lowest BCUT2D eigenvalue weighted by molar-refractivity contribution is 0.0996. The molecule has 1 rings (SSSR count). The van der Waals surface area contributed by atoms with Crippen LogP contribution < -0.4 is 16.6 Å². The number of nitrogen functional groups attached to an aromatic ring is 1. The summed E-state index contributed by atoms with van der Waals surface area (Å²) in [7, 11) is 0. The average Bonchev–Trinajstić information content (AvgIpc) is 2.36. The highest BCUT2D eigenvalue weighted by molar-refractivity contribution is 7.98. The summed E-state index contributed by atoms with van der Waals surface area (Å²) in [6.07, 6.45) is 2.69. The van der Waals surface area contributed by atoms with Crippen molar-refractivity contribution in [3.8, 4) is 0 Å². The van der Waals surface area contributed by atoms with Gasteiger partial charge in [-0.2, -0.15) is 11.8 Å². The van der Waals surface area contributed by atoms with Crippen LogP contribution in [0.1, 0.15) is 19.7 Å². The number of aromatic nitrogens is 2. The van der Waals surface area contributed by atoms with Gasteiger partial charge >= 0.3 is 0 Å². The smallest absolute Gasteiger partial charge is 0.145 e. The minimum absolute atomic E-state index is 0.429. The van der Waals surface area contributed by atoms with Gasteiger partial charge in [-0.05, 0) is 13.2 Å². The number of hydrogen-bond donors (Lipinski definition) is 4. The van der Waals surface area contributed by atoms with Crippen molar-refractivity contribution in [3.05, 3.63) is 11.9 Å². The molecule has 5 N–H and O–H groups in total. The van der Waals surface area contributed by atoms with Crippen molar-refractivity contribution in [2.24, 2.45) is 5.84 Å². The number of nitrogens with one attached hydrogen (secondary N) is 2. The van der Waals surface area contributed by atoms with E-state index in [9.17, 15) is 5.11 Å². The van der Waals surface area contributed by atoms with Crippen LogP contribution in [0.3, 0.4) is 0 Å². The van der Waals surface area contributed by atoms with E-state index >= 15 is 0 Å². The van der Waals surface area contributed by atoms with Crippen molar-refractivity contribution in [3.63, 3.8) is 0 Å². The Morgan fingerprint density at radius 1 is 1.44 bits per heavy atom. The monoisotopic (exact) mass is 271 g/mol. The molecule has 1 heterocycles. The van der Waals surface area contributed by atoms with Crippen LogP contribution in [0.25, 0.3) is 0 Å². The van der Waals surface area contributed by atoms with Crippen LogP contribution in [0.15, 0.2) is 6.07 Å². The van der Waals surface area contributed by atoms with Gasteiger partial charge in [-0.3, -0.25) is 0 Å². The number of anilines is 2. The van der Waals surface area contributed by atoms with Crippen LogP contribution >= 0.6 is 11.8 Å². The molecule has 0 aliphatic heterocycles. The van der Waals surface area contributed by atoms with Gasteiger partial charge in [-0.15, -0.1) is 0 Å². The molecule has 0 saturated carbocycles. The summed E-state index contributed by atoms with van der Waals surface area (Å²) >= 11 is 1.60. The molecule has 0 radical (unpaired) electrons. The Bertz CT molecular complexity index is 363. The molecule has 0 aliphatic rings. The second-order valence-corrected chi connectivity index (χ2v) is 5.20. The molecule has 0 amide bonds. The molecule has 0 aromatic carbocycles. The lowest BCUT2D eigenvalue weighted by atomic mass is 10.1. The molecule has 0 aliphatic carbocycles. The predicted molar refractivity (Wildman–Crippen MR) is 76.7 cm³/mol. The fraction of sp³-hybridized carbons (Fsp3) is 0.636. The van der Waals surface area contributed by atoms with Gasteiger partial charge in [0.25, 0.3) is 0 Å². The highest BCUT2D eigenvalue weighted by atomic mass is 32.2. The summed E-state index contributed by atoms with van der Waals surface area (Å²) < 4.78 is 0. The Morgan fingerprint density at radius 3 is 2.67 bits per heavy atom. The van der Waals surface area contributed by atoms with E-state index in [2.05, 4.69) is 20.7 Å². The fourth-order valence-electron chi connectivity index (χ4n) is 1.46. The number of nitrogens with zero attached hydrogens (tertiary/aromatic N) is 2. The lowest BCUT2D eigenvalue weighted by Gasteiger charge is -2.23. The highest BCUT2D eigenvalue weighted by Gasteiger charge is 2.19. The van der Waals surface area contributed by atoms with Gasteiger partial charge in [0.1, 0.15) is 17.5 Å². The molecule has 0 spiro atoms. The molecule has 0 fully saturated rings. The normalized spacial score (nSPS) is 14.1. The SMILES string of the molecule is CCc1nc(NN)cc(NCC(C)(O)CSC)n1. The zero-order chi connectivity index (χ0) is 13.6. The fourth-order valence-corrected chi connectivity index (χ4v) is 2.19. The average molecular weight is 271 g/mol. The van der Waals surface area contributed by atoms with Crippen LogP contribution in [0.4, 0.5) is 11.6 Å². The second-order valence-electron chi connectivity index (χ2n) is 4.34. The maximum absolute atomic E-state index is 10.1. The summed E-state index contributed by atoms with van der Waals surface area (Å²) in [5, 5.41) is 13.2. The predicted octanol–water partition coefficient (Wildman–Crippen LogP) is 0.851. The summed E-state index contributed by atoms with van der Waals surface area (Å²) in [5.41, 5.74) is 1.74. The molecule has 1 atom stereocenters. The molecule has 0 bridgehead atoms. The van der Waals surface area contributed by atoms with Crippen molar-refractivity contribution < 1.29 is 5.11 Å². The lowest BCUT2D eigenvalue weighted by Crippen LogP contribution is -2.36. The number of hydrogen-bond acceptors (Lipinski definition) is 7. The second kappa shape index (κ2) is 6.77. The van der Waals surface area contributed by atoms with E-state index in [-0.39, 0.29) is 0 Å². The number of thioether (sulfide) groups is 1. The molecule has 7 heteroatoms. The first-order valence-corrected chi connectivity index (χ1v) is 7.20. The van der Waals surface area contributed by atoms with Crippen molar-refractivity contribution in [1.82, 2.24) is 9.97 Å². The summed E-state index contributed by atoms with van der Waals surface area (Å²) in [6.45, 7) is 4.20. The topological polar surface area (TPSA) is 96.1 Å². The van der Waals surface area contributed by atoms with Crippen molar-refractivity contribution in [1.29, 1.82) is 0 Å². The van der Waals surface area contributed by atoms with E-state index in [1.54, 1.807) is 24.8 Å². The van der Waals surface area contributed by atoms with E-state index in [4.69, 9.17) is 5.84 Å². The van der Waals surface area contributed by atoms with E-state index < -0.39 is 5.60 Å². The van der Waals surface area contributed by atoms with Gasteiger partial charge in [0.2, 0.25) is 0 Å². The number of aliphatic hydroxyl groups is 1. The Hall–Kier alpha value is -1.05. The summed E-state index contributed by atoms with van der Waals surface area (Å²) in [5.74, 6) is 7.94. The van der Waals surface area contributed by atoms with Gasteiger partial charge in [0, 0.05) is 24.8 Å². The zero-order valence-electron chi connectivity index (χ0n) is 11.0. The van der Waals surface area contributed by atoms with Crippen LogP contribution in [0.2, 0.25) is 0 Å². The zero-order valence-corrected chi connectivity index (χ0v) is 11.8. The van der Waals surface area contributed by atoms with E-state index in [1.165, 1.54) is 0 Å². The van der Waals surface area contributed by atoms with Gasteiger partial charge in [-0.1, -0.05) is 6.92 Å². The molecule has 1 unspecified atom stereocenters. The molecular weight excluding hydrogens is 250 g/mol. The van der Waals surface area contributed by atoms with Crippen molar-refractivity contribution >= 4 is 23.4 Å². The minimum atomic E-state index is -0.771. The first-order valence-electron chi connectivity index (χ1n) is 5.80. The standard InChI is InChI=1S/C11H21N5OS/c1-4-8-14-9(5-10(15-8)16-12)13-6-11(2,17)7-18-3/h5,17H,4,6-7,12H2,1-3H3,(H2,13,14,15,16). The van der Waals surface area contributed by atoms with Crippen LogP contribution in [0.5, 0.6) is 0 Å². The van der Waals surface area contributed by atoms with E-state index in [1.807, 2.05) is 13.2 Å². The number of rotatable bonds is 7. The third kappa shape index (κ3) is 4.67.